The molecule has 0 fully saturated rings. The zero-order chi connectivity index (χ0) is 85.1. The van der Waals surface area contributed by atoms with Crippen molar-refractivity contribution in [2.24, 2.45) is 15.3 Å². The number of anilines is 9. The van der Waals surface area contributed by atoms with Crippen LogP contribution in [-0.4, -0.2) is 23.2 Å². The Morgan fingerprint density at radius 1 is 0.228 bits per heavy atom. The quantitative estimate of drug-likeness (QED) is 0.0531. The molecule has 598 valence electrons. The van der Waals surface area contributed by atoms with Gasteiger partial charge in [0.2, 0.25) is 0 Å². The van der Waals surface area contributed by atoms with E-state index in [0.717, 1.165) is 84.3 Å². The van der Waals surface area contributed by atoms with E-state index >= 15 is 0 Å². The van der Waals surface area contributed by atoms with E-state index in [-0.39, 0.29) is 0 Å². The van der Waals surface area contributed by atoms with Gasteiger partial charge in [-0.1, -0.05) is 372 Å². The molecule has 17 aromatic carbocycles. The van der Waals surface area contributed by atoms with E-state index in [2.05, 4.69) is 318 Å². The molecular weight excluding hydrogens is 1490 g/mol. The van der Waals surface area contributed by atoms with E-state index in [4.69, 9.17) is 10.2 Å². The number of aryl methyl sites for hydroxylation is 4. The second-order valence-corrected chi connectivity index (χ2v) is 29.5. The van der Waals surface area contributed by atoms with Crippen LogP contribution < -0.4 is 19.9 Å². The first-order valence-corrected chi connectivity index (χ1v) is 41.2. The van der Waals surface area contributed by atoms with E-state index in [1.54, 1.807) is 0 Å². The molecule has 0 saturated heterocycles. The van der Waals surface area contributed by atoms with Crippen LogP contribution in [0.4, 0.5) is 51.2 Å². The molecule has 0 aliphatic carbocycles. The van der Waals surface area contributed by atoms with Gasteiger partial charge in [-0.15, -0.1) is 0 Å². The standard InChI is InChI=1S/2C25H20N2.C24H25N.C21H18N2.C20H15N/c1-2-20-15-17-21(18-16-20)19-26-27(23-11-4-3-5-12-23)25-14-8-10-22-9-6-7-13-24(22)25;1-2-20-12-14-21(15-13-20)19-26-27(24-10-4-3-5-11-24)25-17-16-22-8-6-7-9-23(22)18-25;1-6-21-9-11-22(12-10-21)25(23-13-7-17(2)15-19(23)4)24-14-8-18(3)16-20(24)5;1-2-18-13-15-19(16-14-18)17-22-23(20-9-5-3-6-10-20)21-11-7-4-8-12-21;1-2-15-11-13-16(14-12-15)21-19-9-5-3-7-17(19)18-8-4-6-10-20(18)21/h2*2-19H,1H2;6-16H,1H2,2-5H3;2-17H,1H2;2-14H,1H2. The van der Waals surface area contributed by atoms with Gasteiger partial charge in [-0.2, -0.15) is 15.3 Å². The number of hydrogen-bond donors (Lipinski definition) is 0. The lowest BCUT2D eigenvalue weighted by Gasteiger charge is -2.29. The van der Waals surface area contributed by atoms with Crippen molar-refractivity contribution in [3.05, 3.63) is 512 Å². The summed E-state index contributed by atoms with van der Waals surface area (Å²) in [5, 5.41) is 27.5. The molecule has 0 amide bonds. The summed E-state index contributed by atoms with van der Waals surface area (Å²) in [5.41, 5.74) is 27.2. The first-order valence-electron chi connectivity index (χ1n) is 41.2. The predicted molar refractivity (Wildman–Crippen MR) is 533 cm³/mol. The fourth-order valence-electron chi connectivity index (χ4n) is 14.6. The van der Waals surface area contributed by atoms with Crippen molar-refractivity contribution < 1.29 is 0 Å². The molecule has 0 aliphatic rings. The van der Waals surface area contributed by atoms with Gasteiger partial charge >= 0.3 is 0 Å². The predicted octanol–water partition coefficient (Wildman–Crippen LogP) is 31.3. The van der Waals surface area contributed by atoms with E-state index in [0.29, 0.717) is 0 Å². The van der Waals surface area contributed by atoms with Gasteiger partial charge in [0, 0.05) is 38.9 Å². The highest BCUT2D eigenvalue weighted by molar-refractivity contribution is 6.09. The van der Waals surface area contributed by atoms with Crippen LogP contribution in [0.5, 0.6) is 0 Å². The third-order valence-electron chi connectivity index (χ3n) is 21.0. The van der Waals surface area contributed by atoms with E-state index in [1.165, 1.54) is 82.7 Å². The summed E-state index contributed by atoms with van der Waals surface area (Å²) < 4.78 is 2.32. The Balaban J connectivity index is 0.000000126. The molecular formula is C115H98N8. The molecule has 0 unspecified atom stereocenters. The Kier molecular flexibility index (Phi) is 28.1. The zero-order valence-electron chi connectivity index (χ0n) is 70.0. The molecule has 123 heavy (non-hydrogen) atoms. The van der Waals surface area contributed by atoms with Crippen molar-refractivity contribution in [2.75, 3.05) is 19.9 Å². The fourth-order valence-corrected chi connectivity index (χ4v) is 14.6. The van der Waals surface area contributed by atoms with E-state index in [9.17, 15) is 0 Å². The molecule has 1 aromatic heterocycles. The largest absolute Gasteiger partial charge is 0.310 e. The molecule has 0 bridgehead atoms. The summed E-state index contributed by atoms with van der Waals surface area (Å²) in [4.78, 5) is 2.34. The number of para-hydroxylation sites is 6. The van der Waals surface area contributed by atoms with Gasteiger partial charge in [-0.05, 0) is 215 Å². The van der Waals surface area contributed by atoms with Gasteiger partial charge in [0.25, 0.3) is 0 Å². The van der Waals surface area contributed by atoms with Crippen LogP contribution in [0.1, 0.15) is 66.8 Å². The summed E-state index contributed by atoms with van der Waals surface area (Å²) in [6, 6.07) is 142. The smallest absolute Gasteiger partial charge is 0.0730 e. The molecule has 8 nitrogen and oxygen atoms in total. The van der Waals surface area contributed by atoms with Crippen LogP contribution in [0.3, 0.4) is 0 Å². The summed E-state index contributed by atoms with van der Waals surface area (Å²) in [7, 11) is 0. The highest BCUT2D eigenvalue weighted by atomic mass is 15.5. The minimum absolute atomic E-state index is 1.02. The molecule has 0 spiro atoms. The number of benzene rings is 17. The maximum Gasteiger partial charge on any atom is 0.0730 e. The zero-order valence-corrected chi connectivity index (χ0v) is 70.0. The van der Waals surface area contributed by atoms with Crippen LogP contribution in [0.15, 0.2) is 461 Å². The summed E-state index contributed by atoms with van der Waals surface area (Å²) in [6.45, 7) is 27.7. The Morgan fingerprint density at radius 2 is 0.545 bits per heavy atom. The van der Waals surface area contributed by atoms with Crippen molar-refractivity contribution in [1.82, 2.24) is 4.57 Å². The monoisotopic (exact) mass is 1590 g/mol. The number of aromatic nitrogens is 1. The highest BCUT2D eigenvalue weighted by Gasteiger charge is 2.19. The molecule has 0 radical (unpaired) electrons. The minimum Gasteiger partial charge on any atom is -0.310 e. The molecule has 8 heteroatoms. The molecule has 18 rings (SSSR count). The number of rotatable bonds is 21. The fraction of sp³-hybridized carbons (Fsp3) is 0.0348. The molecule has 0 saturated carbocycles. The lowest BCUT2D eigenvalue weighted by atomic mass is 10.0. The second kappa shape index (κ2) is 41.4. The Labute approximate surface area is 724 Å². The number of hydrogen-bond acceptors (Lipinski definition) is 7. The molecule has 1 heterocycles. The van der Waals surface area contributed by atoms with Crippen molar-refractivity contribution >= 4 is 144 Å². The van der Waals surface area contributed by atoms with Crippen LogP contribution in [0, 0.1) is 27.7 Å². The third kappa shape index (κ3) is 21.3. The number of nitrogens with zero attached hydrogens (tertiary/aromatic N) is 8. The topological polar surface area (TPSA) is 55.0 Å². The first-order chi connectivity index (χ1) is 60.4. The number of fused-ring (bicyclic) bond motifs is 5. The van der Waals surface area contributed by atoms with Gasteiger partial charge in [0.15, 0.2) is 0 Å². The number of hydrazone groups is 3. The van der Waals surface area contributed by atoms with Gasteiger partial charge in [-0.3, -0.25) is 0 Å². The van der Waals surface area contributed by atoms with Crippen LogP contribution >= 0.6 is 0 Å². The van der Waals surface area contributed by atoms with Crippen LogP contribution in [0.25, 0.3) is 79.4 Å². The Hall–Kier alpha value is -16.0. The van der Waals surface area contributed by atoms with Crippen molar-refractivity contribution in [2.45, 2.75) is 27.7 Å². The van der Waals surface area contributed by atoms with Crippen LogP contribution in [-0.2, 0) is 0 Å². The Bertz CT molecular complexity index is 6520. The van der Waals surface area contributed by atoms with Crippen LogP contribution in [0.2, 0.25) is 0 Å². The molecule has 18 aromatic rings. The van der Waals surface area contributed by atoms with Crippen molar-refractivity contribution in [1.29, 1.82) is 0 Å². The van der Waals surface area contributed by atoms with Gasteiger partial charge in [0.1, 0.15) is 0 Å². The van der Waals surface area contributed by atoms with Gasteiger partial charge < -0.3 is 9.47 Å². The van der Waals surface area contributed by atoms with E-state index in [1.807, 2.05) is 234 Å². The SMILES string of the molecule is C=Cc1ccc(-n2c3ccccc3c3ccccc32)cc1.C=Cc1ccc(C=NN(c2ccccc2)c2ccc3ccccc3c2)cc1.C=Cc1ccc(C=NN(c2ccccc2)c2cccc3ccccc23)cc1.C=Cc1ccc(C=NN(c2ccccc2)c2ccccc2)cc1.C=Cc1ccc(N(c2ccc(C)cc2C)c2ccc(C)cc2C)cc1. The highest BCUT2D eigenvalue weighted by Crippen LogP contribution is 2.40. The molecule has 0 atom stereocenters. The lowest BCUT2D eigenvalue weighted by Crippen LogP contribution is -2.12. The Morgan fingerprint density at radius 3 is 0.959 bits per heavy atom. The minimum atomic E-state index is 1.02. The molecule has 0 N–H and O–H groups in total. The van der Waals surface area contributed by atoms with Gasteiger partial charge in [0.05, 0.1) is 63.8 Å². The van der Waals surface area contributed by atoms with Gasteiger partial charge in [-0.25, -0.2) is 15.0 Å². The van der Waals surface area contributed by atoms with E-state index < -0.39 is 0 Å². The van der Waals surface area contributed by atoms with Crippen molar-refractivity contribution in [3.63, 3.8) is 0 Å². The lowest BCUT2D eigenvalue weighted by molar-refractivity contribution is 1.09. The molecule has 0 aliphatic heterocycles. The maximum atomic E-state index is 4.82. The summed E-state index contributed by atoms with van der Waals surface area (Å²) in [6.07, 6.45) is 14.9. The normalized spacial score (nSPS) is 10.8. The maximum absolute atomic E-state index is 4.82. The average Bonchev–Trinajstić information content (AvgIpc) is 1.72. The third-order valence-corrected chi connectivity index (χ3v) is 21.0. The second-order valence-electron chi connectivity index (χ2n) is 29.5. The summed E-state index contributed by atoms with van der Waals surface area (Å²) >= 11 is 0. The van der Waals surface area contributed by atoms with Crippen molar-refractivity contribution in [3.8, 4) is 5.69 Å². The average molecular weight is 1590 g/mol. The summed E-state index contributed by atoms with van der Waals surface area (Å²) in [5.74, 6) is 0. The first kappa shape index (κ1) is 83.5.